The lowest BCUT2D eigenvalue weighted by Crippen LogP contribution is -2.56. The number of nitrogens with zero attached hydrogens (tertiary/aromatic N) is 1. The molecule has 0 saturated carbocycles. The van der Waals surface area contributed by atoms with Gasteiger partial charge < -0.3 is 10.1 Å². The van der Waals surface area contributed by atoms with Crippen LogP contribution in [0.3, 0.4) is 0 Å². The van der Waals surface area contributed by atoms with Gasteiger partial charge in [0.2, 0.25) is 0 Å². The number of anilines is 1. The quantitative estimate of drug-likeness (QED) is 0.465. The summed E-state index contributed by atoms with van der Waals surface area (Å²) in [5.74, 6) is -3.55. The van der Waals surface area contributed by atoms with E-state index in [4.69, 9.17) is 11.6 Å². The first-order chi connectivity index (χ1) is 14.2. The maximum absolute atomic E-state index is 13.7. The topological polar surface area (TPSA) is 70.7 Å². The van der Waals surface area contributed by atoms with Crippen LogP contribution in [-0.2, 0) is 0 Å². The van der Waals surface area contributed by atoms with E-state index in [9.17, 15) is 31.5 Å². The Labute approximate surface area is 178 Å². The van der Waals surface area contributed by atoms with Crippen molar-refractivity contribution < 1.29 is 36.3 Å². The number of hydrogen-bond acceptors (Lipinski definition) is 3. The van der Waals surface area contributed by atoms with Crippen LogP contribution in [0, 0.1) is 11.6 Å². The molecule has 0 saturated heterocycles. The molecular weight excluding hydrogens is 449 g/mol. The average Bonchev–Trinajstić information content (AvgIpc) is 2.58. The standard InChI is InChI=1S/C19H17ClF5N3O3/c1-18(2,3)28(27-17(30)26-15-5-4-12(21)9-14(15)22)16(29)10-6-11(20)8-13(7-10)31-19(23,24)25/h4-9H,1-3H3,(H2,26,27,30). The minimum absolute atomic E-state index is 0.211. The fourth-order valence-corrected chi connectivity index (χ4v) is 2.60. The minimum atomic E-state index is -5.01. The van der Waals surface area contributed by atoms with Crippen molar-refractivity contribution in [2.45, 2.75) is 32.7 Å². The highest BCUT2D eigenvalue weighted by atomic mass is 35.5. The van der Waals surface area contributed by atoms with Crippen LogP contribution >= 0.6 is 11.6 Å². The van der Waals surface area contributed by atoms with Gasteiger partial charge in [-0.15, -0.1) is 13.2 Å². The number of hydrazine groups is 1. The Bertz CT molecular complexity index is 993. The number of urea groups is 1. The number of halogens is 6. The lowest BCUT2D eigenvalue weighted by atomic mass is 10.1. The Morgan fingerprint density at radius 2 is 1.68 bits per heavy atom. The van der Waals surface area contributed by atoms with E-state index in [0.717, 1.165) is 35.3 Å². The summed E-state index contributed by atoms with van der Waals surface area (Å²) in [6.45, 7) is 4.59. The van der Waals surface area contributed by atoms with Gasteiger partial charge in [0.25, 0.3) is 5.91 Å². The smallest absolute Gasteiger partial charge is 0.406 e. The zero-order chi connectivity index (χ0) is 23.6. The van der Waals surface area contributed by atoms with Crippen LogP contribution in [0.25, 0.3) is 0 Å². The summed E-state index contributed by atoms with van der Waals surface area (Å²) in [6, 6.07) is 4.15. The number of carbonyl (C=O) groups excluding carboxylic acids is 2. The molecule has 6 nitrogen and oxygen atoms in total. The van der Waals surface area contributed by atoms with Crippen LogP contribution in [0.2, 0.25) is 5.02 Å². The molecule has 2 aromatic rings. The van der Waals surface area contributed by atoms with Crippen molar-refractivity contribution in [3.63, 3.8) is 0 Å². The maximum Gasteiger partial charge on any atom is 0.573 e. The number of ether oxygens (including phenoxy) is 1. The number of alkyl halides is 3. The molecule has 0 aliphatic heterocycles. The van der Waals surface area contributed by atoms with Gasteiger partial charge in [0, 0.05) is 16.7 Å². The zero-order valence-electron chi connectivity index (χ0n) is 16.4. The summed E-state index contributed by atoms with van der Waals surface area (Å²) < 4.78 is 68.1. The van der Waals surface area contributed by atoms with Crippen LogP contribution in [0.15, 0.2) is 36.4 Å². The summed E-state index contributed by atoms with van der Waals surface area (Å²) in [5, 5.41) is 2.72. The van der Waals surface area contributed by atoms with Gasteiger partial charge in [-0.25, -0.2) is 24.0 Å². The van der Waals surface area contributed by atoms with Crippen LogP contribution < -0.4 is 15.5 Å². The van der Waals surface area contributed by atoms with E-state index in [1.165, 1.54) is 20.8 Å². The first kappa shape index (κ1) is 24.2. The lowest BCUT2D eigenvalue weighted by molar-refractivity contribution is -0.274. The van der Waals surface area contributed by atoms with E-state index in [1.807, 2.05) is 0 Å². The van der Waals surface area contributed by atoms with Crippen molar-refractivity contribution in [2.75, 3.05) is 5.32 Å². The van der Waals surface area contributed by atoms with Crippen molar-refractivity contribution in [1.82, 2.24) is 10.4 Å². The molecule has 0 unspecified atom stereocenters. The first-order valence-corrected chi connectivity index (χ1v) is 8.97. The van der Waals surface area contributed by atoms with Gasteiger partial charge in [0.1, 0.15) is 17.4 Å². The fraction of sp³-hybridized carbons (Fsp3) is 0.263. The molecule has 2 aromatic carbocycles. The summed E-state index contributed by atoms with van der Waals surface area (Å²) in [4.78, 5) is 25.2. The van der Waals surface area contributed by atoms with E-state index < -0.39 is 41.2 Å². The van der Waals surface area contributed by atoms with E-state index in [0.29, 0.717) is 6.07 Å². The number of rotatable bonds is 3. The van der Waals surface area contributed by atoms with Gasteiger partial charge in [-0.3, -0.25) is 4.79 Å². The number of carbonyl (C=O) groups is 2. The van der Waals surface area contributed by atoms with Gasteiger partial charge in [-0.05, 0) is 51.1 Å². The first-order valence-electron chi connectivity index (χ1n) is 8.59. The van der Waals surface area contributed by atoms with Crippen molar-refractivity contribution in [2.24, 2.45) is 0 Å². The predicted octanol–water partition coefficient (Wildman–Crippen LogP) is 5.49. The molecule has 3 amide bonds. The molecule has 0 atom stereocenters. The molecule has 0 bridgehead atoms. The van der Waals surface area contributed by atoms with Gasteiger partial charge in [0.15, 0.2) is 0 Å². The largest absolute Gasteiger partial charge is 0.573 e. The Kier molecular flexibility index (Phi) is 6.99. The summed E-state index contributed by atoms with van der Waals surface area (Å²) in [7, 11) is 0. The van der Waals surface area contributed by atoms with Crippen LogP contribution in [0.5, 0.6) is 5.75 Å². The molecule has 0 aliphatic carbocycles. The summed E-state index contributed by atoms with van der Waals surface area (Å²) in [5.41, 5.74) is 0.466. The molecule has 0 spiro atoms. The predicted molar refractivity (Wildman–Crippen MR) is 103 cm³/mol. The molecule has 0 fully saturated rings. The molecule has 12 heteroatoms. The van der Waals surface area contributed by atoms with Crippen molar-refractivity contribution in [3.8, 4) is 5.75 Å². The Balaban J connectivity index is 2.28. The highest BCUT2D eigenvalue weighted by molar-refractivity contribution is 6.31. The van der Waals surface area contributed by atoms with Crippen molar-refractivity contribution in [1.29, 1.82) is 0 Å². The average molecular weight is 466 g/mol. The van der Waals surface area contributed by atoms with E-state index in [2.05, 4.69) is 15.5 Å². The molecule has 0 aromatic heterocycles. The van der Waals surface area contributed by atoms with Crippen molar-refractivity contribution in [3.05, 3.63) is 58.6 Å². The van der Waals surface area contributed by atoms with E-state index >= 15 is 0 Å². The van der Waals surface area contributed by atoms with Crippen molar-refractivity contribution >= 4 is 29.2 Å². The fourth-order valence-electron chi connectivity index (χ4n) is 2.37. The van der Waals surface area contributed by atoms with Gasteiger partial charge in [-0.2, -0.15) is 0 Å². The molecular formula is C19H17ClF5N3O3. The third-order valence-corrected chi connectivity index (χ3v) is 3.84. The zero-order valence-corrected chi connectivity index (χ0v) is 17.2. The van der Waals surface area contributed by atoms with Gasteiger partial charge in [0.05, 0.1) is 11.2 Å². The maximum atomic E-state index is 13.7. The molecule has 2 N–H and O–H groups in total. The monoisotopic (exact) mass is 465 g/mol. The Morgan fingerprint density at radius 3 is 2.23 bits per heavy atom. The molecule has 0 heterocycles. The SMILES string of the molecule is CC(C)(C)N(NC(=O)Nc1ccc(F)cc1F)C(=O)c1cc(Cl)cc(OC(F)(F)F)c1. The number of benzene rings is 2. The third kappa shape index (κ3) is 6.99. The second kappa shape index (κ2) is 8.96. The van der Waals surface area contributed by atoms with E-state index in [-0.39, 0.29) is 16.3 Å². The Hall–Kier alpha value is -3.08. The molecule has 0 radical (unpaired) electrons. The van der Waals surface area contributed by atoms with Crippen LogP contribution in [-0.4, -0.2) is 28.8 Å². The third-order valence-electron chi connectivity index (χ3n) is 3.62. The molecule has 0 aliphatic rings. The summed E-state index contributed by atoms with van der Waals surface area (Å²) in [6.07, 6.45) is -5.01. The number of nitrogens with one attached hydrogen (secondary N) is 2. The molecule has 2 rings (SSSR count). The highest BCUT2D eigenvalue weighted by Gasteiger charge is 2.33. The Morgan fingerprint density at radius 1 is 1.03 bits per heavy atom. The highest BCUT2D eigenvalue weighted by Crippen LogP contribution is 2.28. The lowest BCUT2D eigenvalue weighted by Gasteiger charge is -2.35. The number of hydrogen-bond donors (Lipinski definition) is 2. The van der Waals surface area contributed by atoms with E-state index in [1.54, 1.807) is 0 Å². The van der Waals surface area contributed by atoms with Crippen LogP contribution in [0.1, 0.15) is 31.1 Å². The molecule has 168 valence electrons. The minimum Gasteiger partial charge on any atom is -0.406 e. The van der Waals surface area contributed by atoms with Crippen LogP contribution in [0.4, 0.5) is 32.4 Å². The van der Waals surface area contributed by atoms with Gasteiger partial charge in [-0.1, -0.05) is 11.6 Å². The number of amides is 3. The van der Waals surface area contributed by atoms with Gasteiger partial charge >= 0.3 is 12.4 Å². The normalized spacial score (nSPS) is 11.6. The molecule has 31 heavy (non-hydrogen) atoms. The second-order valence-corrected chi connectivity index (χ2v) is 7.66. The summed E-state index contributed by atoms with van der Waals surface area (Å²) >= 11 is 5.80. The second-order valence-electron chi connectivity index (χ2n) is 7.22.